The van der Waals surface area contributed by atoms with Gasteiger partial charge in [0.2, 0.25) is 0 Å². The van der Waals surface area contributed by atoms with Gasteiger partial charge in [-0.3, -0.25) is 4.79 Å². The Balaban J connectivity index is 0.000000385. The SMILES string of the molecule is C=CC(=O)O.COc1ccc(C=O)cc1O. The fourth-order valence-corrected chi connectivity index (χ4v) is 0.780. The highest BCUT2D eigenvalue weighted by atomic mass is 16.5. The van der Waals surface area contributed by atoms with Gasteiger partial charge in [-0.05, 0) is 18.2 Å². The summed E-state index contributed by atoms with van der Waals surface area (Å²) in [4.78, 5) is 19.5. The van der Waals surface area contributed by atoms with Gasteiger partial charge in [0.1, 0.15) is 6.29 Å². The van der Waals surface area contributed by atoms with Crippen LogP contribution in [0.1, 0.15) is 10.4 Å². The summed E-state index contributed by atoms with van der Waals surface area (Å²) in [5.74, 6) is -0.627. The fourth-order valence-electron chi connectivity index (χ4n) is 0.780. The highest BCUT2D eigenvalue weighted by molar-refractivity contribution is 5.78. The summed E-state index contributed by atoms with van der Waals surface area (Å²) in [5.41, 5.74) is 0.434. The van der Waals surface area contributed by atoms with E-state index in [0.29, 0.717) is 17.6 Å². The van der Waals surface area contributed by atoms with Crippen LogP contribution in [0.2, 0.25) is 0 Å². The largest absolute Gasteiger partial charge is 0.504 e. The van der Waals surface area contributed by atoms with Crippen molar-refractivity contribution in [1.82, 2.24) is 0 Å². The third-order valence-corrected chi connectivity index (χ3v) is 1.51. The third kappa shape index (κ3) is 4.80. The lowest BCUT2D eigenvalue weighted by molar-refractivity contribution is -0.131. The molecule has 0 fully saturated rings. The lowest BCUT2D eigenvalue weighted by atomic mass is 10.2. The average molecular weight is 224 g/mol. The Morgan fingerprint density at radius 2 is 2.06 bits per heavy atom. The van der Waals surface area contributed by atoms with E-state index in [1.807, 2.05) is 0 Å². The topological polar surface area (TPSA) is 83.8 Å². The van der Waals surface area contributed by atoms with Gasteiger partial charge < -0.3 is 14.9 Å². The predicted octanol–water partition coefficient (Wildman–Crippen LogP) is 1.47. The Morgan fingerprint density at radius 3 is 2.38 bits per heavy atom. The van der Waals surface area contributed by atoms with Crippen molar-refractivity contribution >= 4 is 12.3 Å². The Labute approximate surface area is 92.6 Å². The fraction of sp³-hybridized carbons (Fsp3) is 0.0909. The number of aromatic hydroxyl groups is 1. The zero-order chi connectivity index (χ0) is 12.6. The summed E-state index contributed by atoms with van der Waals surface area (Å²) in [5, 5.41) is 16.7. The van der Waals surface area contributed by atoms with Crippen LogP contribution in [0.5, 0.6) is 11.5 Å². The summed E-state index contributed by atoms with van der Waals surface area (Å²) in [6, 6.07) is 4.47. The minimum Gasteiger partial charge on any atom is -0.504 e. The molecule has 1 aromatic carbocycles. The molecule has 86 valence electrons. The van der Waals surface area contributed by atoms with Crippen molar-refractivity contribution < 1.29 is 24.5 Å². The molecule has 0 atom stereocenters. The summed E-state index contributed by atoms with van der Waals surface area (Å²) < 4.78 is 4.78. The maximum Gasteiger partial charge on any atom is 0.327 e. The van der Waals surface area contributed by atoms with Gasteiger partial charge in [0, 0.05) is 11.6 Å². The van der Waals surface area contributed by atoms with Crippen molar-refractivity contribution in [3.05, 3.63) is 36.4 Å². The molecule has 1 rings (SSSR count). The molecule has 0 radical (unpaired) electrons. The number of carboxylic acids is 1. The second kappa shape index (κ2) is 7.05. The van der Waals surface area contributed by atoms with E-state index in [2.05, 4.69) is 6.58 Å². The summed E-state index contributed by atoms with van der Waals surface area (Å²) in [6.07, 6.45) is 1.50. The smallest absolute Gasteiger partial charge is 0.327 e. The van der Waals surface area contributed by atoms with E-state index >= 15 is 0 Å². The van der Waals surface area contributed by atoms with E-state index in [1.165, 1.54) is 13.2 Å². The van der Waals surface area contributed by atoms with Crippen LogP contribution in [-0.2, 0) is 4.79 Å². The molecular weight excluding hydrogens is 212 g/mol. The number of hydrogen-bond donors (Lipinski definition) is 2. The van der Waals surface area contributed by atoms with Gasteiger partial charge >= 0.3 is 5.97 Å². The standard InChI is InChI=1S/C8H8O3.C3H4O2/c1-11-8-3-2-6(5-9)4-7(8)10;1-2-3(4)5/h2-5,10H,1H3;2H,1H2,(H,4,5). The van der Waals surface area contributed by atoms with Crippen molar-refractivity contribution in [2.45, 2.75) is 0 Å². The number of methoxy groups -OCH3 is 1. The number of carbonyl (C=O) groups is 2. The van der Waals surface area contributed by atoms with E-state index in [0.717, 1.165) is 6.08 Å². The number of phenols is 1. The number of ether oxygens (including phenoxy) is 1. The molecule has 5 heteroatoms. The van der Waals surface area contributed by atoms with Gasteiger partial charge in [0.15, 0.2) is 11.5 Å². The molecule has 16 heavy (non-hydrogen) atoms. The Bertz CT molecular complexity index is 384. The van der Waals surface area contributed by atoms with Crippen LogP contribution in [0.15, 0.2) is 30.9 Å². The van der Waals surface area contributed by atoms with E-state index in [4.69, 9.17) is 14.9 Å². The predicted molar refractivity (Wildman–Crippen MR) is 57.9 cm³/mol. The average Bonchev–Trinajstić information content (AvgIpc) is 2.29. The van der Waals surface area contributed by atoms with Gasteiger partial charge in [0.25, 0.3) is 0 Å². The van der Waals surface area contributed by atoms with Gasteiger partial charge in [-0.1, -0.05) is 6.58 Å². The first-order valence-electron chi connectivity index (χ1n) is 4.22. The molecule has 0 aliphatic rings. The molecule has 0 bridgehead atoms. The lowest BCUT2D eigenvalue weighted by Gasteiger charge is -2.01. The van der Waals surface area contributed by atoms with E-state index in [-0.39, 0.29) is 5.75 Å². The molecule has 2 N–H and O–H groups in total. The van der Waals surface area contributed by atoms with Gasteiger partial charge in [-0.25, -0.2) is 4.79 Å². The monoisotopic (exact) mass is 224 g/mol. The Morgan fingerprint density at radius 1 is 1.50 bits per heavy atom. The zero-order valence-electron chi connectivity index (χ0n) is 8.71. The van der Waals surface area contributed by atoms with Crippen LogP contribution >= 0.6 is 0 Å². The zero-order valence-corrected chi connectivity index (χ0v) is 8.71. The number of aliphatic carboxylic acids is 1. The molecule has 0 aliphatic heterocycles. The van der Waals surface area contributed by atoms with Crippen molar-refractivity contribution in [2.75, 3.05) is 7.11 Å². The second-order valence-electron chi connectivity index (χ2n) is 2.59. The first-order chi connectivity index (χ1) is 7.54. The molecule has 0 aliphatic carbocycles. The number of hydrogen-bond acceptors (Lipinski definition) is 4. The minimum absolute atomic E-state index is 0.0166. The van der Waals surface area contributed by atoms with Gasteiger partial charge in [-0.15, -0.1) is 0 Å². The molecule has 0 saturated carbocycles. The highest BCUT2D eigenvalue weighted by Gasteiger charge is 2.00. The quantitative estimate of drug-likeness (QED) is 0.600. The van der Waals surface area contributed by atoms with Gasteiger partial charge in [0.05, 0.1) is 7.11 Å². The van der Waals surface area contributed by atoms with E-state index in [9.17, 15) is 9.59 Å². The highest BCUT2D eigenvalue weighted by Crippen LogP contribution is 2.25. The number of aldehydes is 1. The first-order valence-corrected chi connectivity index (χ1v) is 4.22. The van der Waals surface area contributed by atoms with Crippen molar-refractivity contribution in [3.63, 3.8) is 0 Å². The number of carbonyl (C=O) groups excluding carboxylic acids is 1. The molecule has 0 saturated heterocycles. The molecule has 0 heterocycles. The number of phenolic OH excluding ortho intramolecular Hbond substituents is 1. The molecule has 5 nitrogen and oxygen atoms in total. The van der Waals surface area contributed by atoms with Crippen LogP contribution in [-0.4, -0.2) is 29.6 Å². The van der Waals surface area contributed by atoms with Gasteiger partial charge in [-0.2, -0.15) is 0 Å². The third-order valence-electron chi connectivity index (χ3n) is 1.51. The molecular formula is C11H12O5. The van der Waals surface area contributed by atoms with Crippen LogP contribution in [0.3, 0.4) is 0 Å². The van der Waals surface area contributed by atoms with Crippen LogP contribution in [0.4, 0.5) is 0 Å². The molecule has 0 spiro atoms. The van der Waals surface area contributed by atoms with E-state index < -0.39 is 5.97 Å². The molecule has 0 amide bonds. The first kappa shape index (κ1) is 13.7. The summed E-state index contributed by atoms with van der Waals surface area (Å²) in [6.45, 7) is 2.96. The summed E-state index contributed by atoms with van der Waals surface area (Å²) in [7, 11) is 1.45. The maximum atomic E-state index is 10.2. The minimum atomic E-state index is -0.981. The van der Waals surface area contributed by atoms with Crippen molar-refractivity contribution in [1.29, 1.82) is 0 Å². The summed E-state index contributed by atoms with van der Waals surface area (Å²) >= 11 is 0. The number of carboxylic acid groups (broad SMARTS) is 1. The van der Waals surface area contributed by atoms with Crippen molar-refractivity contribution in [3.8, 4) is 11.5 Å². The molecule has 0 aromatic heterocycles. The normalized spacial score (nSPS) is 8.31. The van der Waals surface area contributed by atoms with Crippen LogP contribution in [0.25, 0.3) is 0 Å². The molecule has 0 unspecified atom stereocenters. The van der Waals surface area contributed by atoms with Crippen LogP contribution in [0, 0.1) is 0 Å². The number of benzene rings is 1. The van der Waals surface area contributed by atoms with Crippen molar-refractivity contribution in [2.24, 2.45) is 0 Å². The maximum absolute atomic E-state index is 10.2. The lowest BCUT2D eigenvalue weighted by Crippen LogP contribution is -1.85. The van der Waals surface area contributed by atoms with Crippen LogP contribution < -0.4 is 4.74 Å². The Hall–Kier alpha value is -2.30. The van der Waals surface area contributed by atoms with E-state index in [1.54, 1.807) is 12.1 Å². The molecule has 1 aromatic rings. The Kier molecular flexibility index (Phi) is 6.04. The second-order valence-corrected chi connectivity index (χ2v) is 2.59. The number of rotatable bonds is 3.